The van der Waals surface area contributed by atoms with Gasteiger partial charge in [-0.15, -0.1) is 11.8 Å². The second-order valence-corrected chi connectivity index (χ2v) is 5.04. The summed E-state index contributed by atoms with van der Waals surface area (Å²) in [6.45, 7) is 4.22. The summed E-state index contributed by atoms with van der Waals surface area (Å²) in [5.74, 6) is 1.01. The first-order valence-electron chi connectivity index (χ1n) is 5.38. The Morgan fingerprint density at radius 2 is 2.44 bits per heavy atom. The molecule has 0 saturated carbocycles. The molecule has 88 valence electrons. The minimum Gasteiger partial charge on any atom is -0.514 e. The molecule has 1 amide bonds. The lowest BCUT2D eigenvalue weighted by Crippen LogP contribution is -2.62. The Balaban J connectivity index is 2.24. The number of amides is 1. The van der Waals surface area contributed by atoms with Gasteiger partial charge in [0, 0.05) is 11.4 Å². The van der Waals surface area contributed by atoms with Crippen LogP contribution in [0.15, 0.2) is 23.2 Å². The summed E-state index contributed by atoms with van der Waals surface area (Å²) in [6.07, 6.45) is 2.83. The number of fused-ring (bicyclic) bond motifs is 1. The van der Waals surface area contributed by atoms with Crippen LogP contribution >= 0.6 is 11.8 Å². The molecule has 0 aromatic carbocycles. The van der Waals surface area contributed by atoms with E-state index in [-0.39, 0.29) is 11.4 Å². The molecule has 2 heterocycles. The van der Waals surface area contributed by atoms with Crippen LogP contribution in [-0.2, 0) is 4.79 Å². The number of thioether (sulfide) groups is 1. The van der Waals surface area contributed by atoms with Crippen molar-refractivity contribution in [1.82, 2.24) is 10.2 Å². The summed E-state index contributed by atoms with van der Waals surface area (Å²) < 4.78 is 0. The van der Waals surface area contributed by atoms with E-state index in [9.17, 15) is 9.90 Å². The highest BCUT2D eigenvalue weighted by atomic mass is 32.2. The Labute approximate surface area is 99.4 Å². The summed E-state index contributed by atoms with van der Waals surface area (Å²) >= 11 is 1.81. The predicted octanol–water partition coefficient (Wildman–Crippen LogP) is 1.57. The van der Waals surface area contributed by atoms with Gasteiger partial charge in [-0.2, -0.15) is 0 Å². The molecule has 2 aliphatic heterocycles. The maximum atomic E-state index is 10.5. The molecule has 1 fully saturated rings. The van der Waals surface area contributed by atoms with E-state index < -0.39 is 0 Å². The average Bonchev–Trinajstić information content (AvgIpc) is 2.28. The van der Waals surface area contributed by atoms with Crippen molar-refractivity contribution >= 4 is 18.2 Å². The Kier molecular flexibility index (Phi) is 3.14. The second-order valence-electron chi connectivity index (χ2n) is 3.93. The van der Waals surface area contributed by atoms with Crippen LogP contribution in [0.1, 0.15) is 20.3 Å². The van der Waals surface area contributed by atoms with Crippen molar-refractivity contribution in [2.75, 3.05) is 5.75 Å². The van der Waals surface area contributed by atoms with E-state index in [4.69, 9.17) is 0 Å². The predicted molar refractivity (Wildman–Crippen MR) is 64.8 cm³/mol. The molecule has 0 spiro atoms. The summed E-state index contributed by atoms with van der Waals surface area (Å²) in [4.78, 5) is 12.6. The fourth-order valence-corrected chi connectivity index (χ4v) is 3.89. The lowest BCUT2D eigenvalue weighted by atomic mass is 10.00. The molecule has 2 N–H and O–H groups in total. The molecule has 0 aliphatic carbocycles. The van der Waals surface area contributed by atoms with Crippen LogP contribution in [0.2, 0.25) is 0 Å². The van der Waals surface area contributed by atoms with Gasteiger partial charge in [-0.1, -0.05) is 6.92 Å². The summed E-state index contributed by atoms with van der Waals surface area (Å²) in [5.41, 5.74) is 3.41. The molecule has 16 heavy (non-hydrogen) atoms. The van der Waals surface area contributed by atoms with Crippen molar-refractivity contribution < 1.29 is 9.90 Å². The van der Waals surface area contributed by atoms with Gasteiger partial charge in [0.05, 0.1) is 5.70 Å². The van der Waals surface area contributed by atoms with Crippen molar-refractivity contribution in [3.63, 3.8) is 0 Å². The zero-order chi connectivity index (χ0) is 11.7. The number of hydrogen-bond donors (Lipinski definition) is 2. The summed E-state index contributed by atoms with van der Waals surface area (Å²) in [5, 5.41) is 12.2. The maximum Gasteiger partial charge on any atom is 0.207 e. The number of carbonyl (C=O) groups is 1. The quantitative estimate of drug-likeness (QED) is 0.581. The number of hydrogen-bond acceptors (Lipinski definition) is 4. The van der Waals surface area contributed by atoms with Crippen LogP contribution in [0, 0.1) is 0 Å². The summed E-state index contributed by atoms with van der Waals surface area (Å²) in [7, 11) is 0. The van der Waals surface area contributed by atoms with Crippen molar-refractivity contribution in [2.24, 2.45) is 0 Å². The fraction of sp³-hybridized carbons (Fsp3) is 0.545. The van der Waals surface area contributed by atoms with Crippen molar-refractivity contribution in [1.29, 1.82) is 0 Å². The lowest BCUT2D eigenvalue weighted by molar-refractivity contribution is -0.110. The Morgan fingerprint density at radius 3 is 3.00 bits per heavy atom. The van der Waals surface area contributed by atoms with Crippen LogP contribution in [0.4, 0.5) is 0 Å². The molecule has 2 rings (SSSR count). The highest BCUT2D eigenvalue weighted by Gasteiger charge is 2.47. The molecule has 5 heteroatoms. The second kappa shape index (κ2) is 4.41. The van der Waals surface area contributed by atoms with E-state index in [0.717, 1.165) is 24.1 Å². The number of nitrogens with one attached hydrogen (secondary N) is 1. The van der Waals surface area contributed by atoms with E-state index in [1.165, 1.54) is 11.3 Å². The van der Waals surface area contributed by atoms with Gasteiger partial charge in [0.15, 0.2) is 0 Å². The van der Waals surface area contributed by atoms with Gasteiger partial charge in [-0.25, -0.2) is 0 Å². The molecule has 0 aromatic heterocycles. The van der Waals surface area contributed by atoms with Crippen LogP contribution in [0.3, 0.4) is 0 Å². The molecular weight excluding hydrogens is 224 g/mol. The number of aliphatic hydroxyl groups is 1. The number of rotatable bonds is 3. The van der Waals surface area contributed by atoms with Crippen LogP contribution in [0.25, 0.3) is 0 Å². The number of aliphatic hydroxyl groups excluding tert-OH is 1. The lowest BCUT2D eigenvalue weighted by Gasteiger charge is -2.53. The van der Waals surface area contributed by atoms with Gasteiger partial charge >= 0.3 is 0 Å². The van der Waals surface area contributed by atoms with Crippen molar-refractivity contribution in [2.45, 2.75) is 31.7 Å². The van der Waals surface area contributed by atoms with Crippen LogP contribution < -0.4 is 5.32 Å². The van der Waals surface area contributed by atoms with E-state index >= 15 is 0 Å². The largest absolute Gasteiger partial charge is 0.514 e. The molecule has 1 unspecified atom stereocenters. The minimum atomic E-state index is -0.0548. The summed E-state index contributed by atoms with van der Waals surface area (Å²) in [6, 6.07) is -0.0548. The van der Waals surface area contributed by atoms with E-state index in [0.29, 0.717) is 6.41 Å². The van der Waals surface area contributed by atoms with Crippen LogP contribution in [-0.4, -0.2) is 33.6 Å². The highest BCUT2D eigenvalue weighted by Crippen LogP contribution is 2.45. The standard InChI is InChI=1S/C11H16N2O2S/c1-3-8-5-16-11-10(12-6-15)9(4-14)13(11)7(8)2/h4,6,10-11,14H,3,5H2,1-2H3,(H,12,15)/t10?,11-/m1/s1. The highest BCUT2D eigenvalue weighted by molar-refractivity contribution is 8.00. The Bertz CT molecular complexity index is 365. The monoisotopic (exact) mass is 240 g/mol. The smallest absolute Gasteiger partial charge is 0.207 e. The SMILES string of the molecule is CCC1=C(C)N2C(=CO)C(NC=O)[C@H]2SC1. The molecule has 4 nitrogen and oxygen atoms in total. The zero-order valence-electron chi connectivity index (χ0n) is 9.43. The first-order chi connectivity index (χ1) is 7.74. The van der Waals surface area contributed by atoms with Crippen molar-refractivity contribution in [3.05, 3.63) is 23.2 Å². The van der Waals surface area contributed by atoms with Gasteiger partial charge in [-0.05, 0) is 18.9 Å². The third-order valence-corrected chi connectivity index (χ3v) is 4.58. The maximum absolute atomic E-state index is 10.5. The molecule has 0 radical (unpaired) electrons. The van der Waals surface area contributed by atoms with E-state index in [1.54, 1.807) is 0 Å². The number of carbonyl (C=O) groups excluding carboxylic acids is 1. The van der Waals surface area contributed by atoms with Gasteiger partial charge in [0.2, 0.25) is 6.41 Å². The van der Waals surface area contributed by atoms with Gasteiger partial charge in [0.25, 0.3) is 0 Å². The Hall–Kier alpha value is -1.10. The molecule has 2 aliphatic rings. The third kappa shape index (κ3) is 1.50. The van der Waals surface area contributed by atoms with Crippen molar-refractivity contribution in [3.8, 4) is 0 Å². The average molecular weight is 240 g/mol. The minimum absolute atomic E-state index is 0.0548. The zero-order valence-corrected chi connectivity index (χ0v) is 10.3. The first-order valence-corrected chi connectivity index (χ1v) is 6.42. The normalized spacial score (nSPS) is 31.1. The first kappa shape index (κ1) is 11.4. The van der Waals surface area contributed by atoms with E-state index in [2.05, 4.69) is 24.1 Å². The number of nitrogens with zero attached hydrogens (tertiary/aromatic N) is 1. The van der Waals surface area contributed by atoms with Gasteiger partial charge < -0.3 is 15.3 Å². The molecule has 0 aromatic rings. The van der Waals surface area contributed by atoms with Gasteiger partial charge in [-0.3, -0.25) is 4.79 Å². The van der Waals surface area contributed by atoms with E-state index in [1.807, 2.05) is 11.8 Å². The Morgan fingerprint density at radius 1 is 1.69 bits per heavy atom. The molecule has 0 bridgehead atoms. The fourth-order valence-electron chi connectivity index (χ4n) is 2.27. The van der Waals surface area contributed by atoms with Gasteiger partial charge in [0.1, 0.15) is 17.7 Å². The molecule has 1 saturated heterocycles. The van der Waals surface area contributed by atoms with Crippen LogP contribution in [0.5, 0.6) is 0 Å². The molecule has 2 atom stereocenters. The third-order valence-electron chi connectivity index (χ3n) is 3.24. The number of allylic oxidation sites excluding steroid dienone is 1. The topological polar surface area (TPSA) is 52.6 Å². The molecular formula is C11H16N2O2S.